The quantitative estimate of drug-likeness (QED) is 0.211. The SMILES string of the molecule is c1ccc(-n2c3cc(-c4ccc5ccc6cccc7ccc4c5c67)ccc3c3c4ccccc4ccc32)cc1. The molecule has 0 unspecified atom stereocenters. The third-order valence-corrected chi connectivity index (χ3v) is 8.51. The molecule has 0 aliphatic heterocycles. The van der Waals surface area contributed by atoms with E-state index in [0.717, 1.165) is 0 Å². The van der Waals surface area contributed by atoms with Gasteiger partial charge < -0.3 is 4.57 Å². The number of benzene rings is 8. The predicted octanol–water partition coefficient (Wildman–Crippen LogP) is 10.5. The lowest BCUT2D eigenvalue weighted by Crippen LogP contribution is -1.93. The van der Waals surface area contributed by atoms with Crippen molar-refractivity contribution in [2.24, 2.45) is 0 Å². The Bertz CT molecular complexity index is 2360. The molecule has 180 valence electrons. The lowest BCUT2D eigenvalue weighted by atomic mass is 9.89. The Balaban J connectivity index is 1.40. The molecule has 0 bridgehead atoms. The summed E-state index contributed by atoms with van der Waals surface area (Å²) in [4.78, 5) is 0. The number of para-hydroxylation sites is 1. The van der Waals surface area contributed by atoms with Crippen LogP contribution in [0.25, 0.3) is 81.7 Å². The zero-order chi connectivity index (χ0) is 25.5. The van der Waals surface area contributed by atoms with Crippen molar-refractivity contribution >= 4 is 64.9 Å². The number of aromatic nitrogens is 1. The number of hydrogen-bond donors (Lipinski definition) is 0. The monoisotopic (exact) mass is 493 g/mol. The van der Waals surface area contributed by atoms with Crippen molar-refractivity contribution in [3.05, 3.63) is 140 Å². The molecular weight excluding hydrogens is 470 g/mol. The maximum atomic E-state index is 2.43. The fourth-order valence-corrected chi connectivity index (χ4v) is 6.80. The molecule has 1 nitrogen and oxygen atoms in total. The minimum Gasteiger partial charge on any atom is -0.309 e. The summed E-state index contributed by atoms with van der Waals surface area (Å²) in [6.07, 6.45) is 0. The van der Waals surface area contributed by atoms with Crippen molar-refractivity contribution in [2.75, 3.05) is 0 Å². The van der Waals surface area contributed by atoms with Gasteiger partial charge in [0.2, 0.25) is 0 Å². The molecule has 0 saturated heterocycles. The van der Waals surface area contributed by atoms with Crippen LogP contribution in [0.4, 0.5) is 0 Å². The van der Waals surface area contributed by atoms with Crippen LogP contribution < -0.4 is 0 Å². The van der Waals surface area contributed by atoms with Crippen LogP contribution in [0, 0.1) is 0 Å². The first kappa shape index (κ1) is 20.9. The Morgan fingerprint density at radius 3 is 1.90 bits per heavy atom. The molecule has 0 spiro atoms. The Labute approximate surface area is 225 Å². The van der Waals surface area contributed by atoms with Crippen molar-refractivity contribution in [1.29, 1.82) is 0 Å². The highest BCUT2D eigenvalue weighted by atomic mass is 15.0. The fourth-order valence-electron chi connectivity index (χ4n) is 6.80. The molecule has 0 N–H and O–H groups in total. The van der Waals surface area contributed by atoms with E-state index in [-0.39, 0.29) is 0 Å². The van der Waals surface area contributed by atoms with E-state index in [4.69, 9.17) is 0 Å². The number of rotatable bonds is 2. The van der Waals surface area contributed by atoms with Crippen molar-refractivity contribution in [2.45, 2.75) is 0 Å². The van der Waals surface area contributed by atoms with Gasteiger partial charge >= 0.3 is 0 Å². The second-order valence-corrected chi connectivity index (χ2v) is 10.6. The molecule has 8 aromatic carbocycles. The van der Waals surface area contributed by atoms with Gasteiger partial charge in [0.05, 0.1) is 11.0 Å². The minimum absolute atomic E-state index is 1.18. The van der Waals surface area contributed by atoms with Crippen molar-refractivity contribution in [1.82, 2.24) is 4.57 Å². The average molecular weight is 494 g/mol. The molecule has 9 aromatic rings. The molecule has 9 rings (SSSR count). The van der Waals surface area contributed by atoms with Gasteiger partial charge in [-0.15, -0.1) is 0 Å². The van der Waals surface area contributed by atoms with Crippen LogP contribution in [-0.2, 0) is 0 Å². The van der Waals surface area contributed by atoms with E-state index in [0.29, 0.717) is 0 Å². The summed E-state index contributed by atoms with van der Waals surface area (Å²) in [5.74, 6) is 0. The van der Waals surface area contributed by atoms with Gasteiger partial charge in [0.15, 0.2) is 0 Å². The van der Waals surface area contributed by atoms with Gasteiger partial charge in [0, 0.05) is 16.5 Å². The average Bonchev–Trinajstić information content (AvgIpc) is 3.34. The van der Waals surface area contributed by atoms with Gasteiger partial charge in [-0.1, -0.05) is 115 Å². The molecule has 0 fully saturated rings. The Morgan fingerprint density at radius 2 is 1.03 bits per heavy atom. The maximum absolute atomic E-state index is 2.43. The molecule has 0 aliphatic rings. The summed E-state index contributed by atoms with van der Waals surface area (Å²) >= 11 is 0. The highest BCUT2D eigenvalue weighted by Crippen LogP contribution is 2.42. The molecule has 0 radical (unpaired) electrons. The summed E-state index contributed by atoms with van der Waals surface area (Å²) in [5, 5.41) is 13.1. The van der Waals surface area contributed by atoms with E-state index in [1.807, 2.05) is 0 Å². The van der Waals surface area contributed by atoms with E-state index in [1.165, 1.54) is 81.7 Å². The summed E-state index contributed by atoms with van der Waals surface area (Å²) in [7, 11) is 0. The second kappa shape index (κ2) is 7.69. The number of nitrogens with zero attached hydrogens (tertiary/aromatic N) is 1. The van der Waals surface area contributed by atoms with Crippen molar-refractivity contribution < 1.29 is 0 Å². The summed E-state index contributed by atoms with van der Waals surface area (Å²) in [6, 6.07) is 51.3. The summed E-state index contributed by atoms with van der Waals surface area (Å²) in [5.41, 5.74) is 6.17. The standard InChI is InChI=1S/C38H23N/c1-2-10-29(11-3-1)39-34-22-18-24-7-4-5-12-31(24)38(34)33-21-17-28(23-35(33)39)30-19-15-27-14-13-25-8-6-9-26-16-20-32(30)37(27)36(25)26/h1-23H. The first-order valence-electron chi connectivity index (χ1n) is 13.5. The van der Waals surface area contributed by atoms with Gasteiger partial charge in [-0.2, -0.15) is 0 Å². The first-order valence-corrected chi connectivity index (χ1v) is 13.5. The minimum atomic E-state index is 1.18. The molecule has 0 amide bonds. The molecule has 1 heterocycles. The van der Waals surface area contributed by atoms with Crippen LogP contribution in [0.5, 0.6) is 0 Å². The van der Waals surface area contributed by atoms with Gasteiger partial charge in [-0.3, -0.25) is 0 Å². The molecule has 0 atom stereocenters. The van der Waals surface area contributed by atoms with E-state index in [9.17, 15) is 0 Å². The second-order valence-electron chi connectivity index (χ2n) is 10.6. The fraction of sp³-hybridized carbons (Fsp3) is 0. The van der Waals surface area contributed by atoms with E-state index >= 15 is 0 Å². The van der Waals surface area contributed by atoms with Crippen molar-refractivity contribution in [3.8, 4) is 16.8 Å². The van der Waals surface area contributed by atoms with Crippen LogP contribution >= 0.6 is 0 Å². The third-order valence-electron chi connectivity index (χ3n) is 8.51. The van der Waals surface area contributed by atoms with Gasteiger partial charge in [0.1, 0.15) is 0 Å². The van der Waals surface area contributed by atoms with Crippen LogP contribution in [-0.4, -0.2) is 4.57 Å². The summed E-state index contributed by atoms with van der Waals surface area (Å²) in [6.45, 7) is 0. The summed E-state index contributed by atoms with van der Waals surface area (Å²) < 4.78 is 2.43. The number of hydrogen-bond acceptors (Lipinski definition) is 0. The Hall–Kier alpha value is -5.14. The lowest BCUT2D eigenvalue weighted by molar-refractivity contribution is 1.18. The third kappa shape index (κ3) is 2.85. The Morgan fingerprint density at radius 1 is 0.359 bits per heavy atom. The largest absolute Gasteiger partial charge is 0.309 e. The number of fused-ring (bicyclic) bond motifs is 5. The van der Waals surface area contributed by atoms with E-state index in [1.54, 1.807) is 0 Å². The molecule has 39 heavy (non-hydrogen) atoms. The molecule has 0 saturated carbocycles. The first-order chi connectivity index (χ1) is 19.3. The lowest BCUT2D eigenvalue weighted by Gasteiger charge is -2.14. The molecule has 0 aliphatic carbocycles. The molecule has 1 heteroatoms. The highest BCUT2D eigenvalue weighted by Gasteiger charge is 2.17. The topological polar surface area (TPSA) is 4.93 Å². The van der Waals surface area contributed by atoms with Crippen LogP contribution in [0.1, 0.15) is 0 Å². The maximum Gasteiger partial charge on any atom is 0.0547 e. The van der Waals surface area contributed by atoms with Crippen LogP contribution in [0.3, 0.4) is 0 Å². The van der Waals surface area contributed by atoms with Crippen LogP contribution in [0.2, 0.25) is 0 Å². The molecule has 1 aromatic heterocycles. The van der Waals surface area contributed by atoms with Crippen molar-refractivity contribution in [3.63, 3.8) is 0 Å². The van der Waals surface area contributed by atoms with E-state index < -0.39 is 0 Å². The van der Waals surface area contributed by atoms with Gasteiger partial charge in [-0.05, 0) is 78.5 Å². The smallest absolute Gasteiger partial charge is 0.0547 e. The normalized spacial score (nSPS) is 12.1. The van der Waals surface area contributed by atoms with Gasteiger partial charge in [0.25, 0.3) is 0 Å². The zero-order valence-corrected chi connectivity index (χ0v) is 21.2. The highest BCUT2D eigenvalue weighted by molar-refractivity contribution is 6.26. The van der Waals surface area contributed by atoms with Crippen LogP contribution in [0.15, 0.2) is 140 Å². The predicted molar refractivity (Wildman–Crippen MR) is 167 cm³/mol. The zero-order valence-electron chi connectivity index (χ0n) is 21.2. The van der Waals surface area contributed by atoms with E-state index in [2.05, 4.69) is 144 Å². The Kier molecular flexibility index (Phi) is 4.11. The van der Waals surface area contributed by atoms with Gasteiger partial charge in [-0.25, -0.2) is 0 Å². The molecular formula is C38H23N.